The Kier molecular flexibility index (Phi) is 3.31. The summed E-state index contributed by atoms with van der Waals surface area (Å²) in [5.74, 6) is -0.0264. The van der Waals surface area contributed by atoms with Crippen molar-refractivity contribution in [1.82, 2.24) is 4.98 Å². The van der Waals surface area contributed by atoms with Crippen molar-refractivity contribution in [3.8, 4) is 11.5 Å². The topological polar surface area (TPSA) is 68.7 Å². The van der Waals surface area contributed by atoms with E-state index < -0.39 is 5.97 Å². The number of alkyl halides is 1. The second-order valence-corrected chi connectivity index (χ2v) is 4.83. The zero-order valence-electron chi connectivity index (χ0n) is 10.2. The van der Waals surface area contributed by atoms with Crippen molar-refractivity contribution in [1.29, 1.82) is 0 Å². The smallest absolute Gasteiger partial charge is 0.339 e. The zero-order valence-corrected chi connectivity index (χ0v) is 11.7. The summed E-state index contributed by atoms with van der Waals surface area (Å²) in [5, 5.41) is 9.75. The largest absolute Gasteiger partial charge is 0.486 e. The fourth-order valence-corrected chi connectivity index (χ4v) is 2.75. The highest BCUT2D eigenvalue weighted by Gasteiger charge is 2.22. The quantitative estimate of drug-likeness (QED) is 0.681. The first kappa shape index (κ1) is 13.3. The van der Waals surface area contributed by atoms with Gasteiger partial charge in [0.25, 0.3) is 0 Å². The summed E-state index contributed by atoms with van der Waals surface area (Å²) in [5.41, 5.74) is 0.872. The maximum absolute atomic E-state index is 11.3. The van der Waals surface area contributed by atoms with Gasteiger partial charge >= 0.3 is 5.97 Å². The van der Waals surface area contributed by atoms with E-state index in [0.717, 1.165) is 0 Å². The van der Waals surface area contributed by atoms with Gasteiger partial charge in [0.15, 0.2) is 11.5 Å². The molecule has 0 unspecified atom stereocenters. The highest BCUT2D eigenvalue weighted by atomic mass is 35.5. The van der Waals surface area contributed by atoms with E-state index in [1.54, 1.807) is 12.1 Å². The summed E-state index contributed by atoms with van der Waals surface area (Å²) in [6, 6.07) is 3.37. The Bertz CT molecular complexity index is 717. The van der Waals surface area contributed by atoms with Gasteiger partial charge in [0.1, 0.15) is 23.9 Å². The minimum atomic E-state index is -1.16. The van der Waals surface area contributed by atoms with Crippen molar-refractivity contribution in [3.05, 3.63) is 28.4 Å². The molecule has 20 heavy (non-hydrogen) atoms. The van der Waals surface area contributed by atoms with Gasteiger partial charge in [-0.2, -0.15) is 0 Å². The minimum absolute atomic E-state index is 0.0139. The summed E-state index contributed by atoms with van der Waals surface area (Å²) < 4.78 is 11.0. The second-order valence-electron chi connectivity index (χ2n) is 4.21. The second kappa shape index (κ2) is 5.00. The number of rotatable bonds is 2. The van der Waals surface area contributed by atoms with E-state index in [1.807, 2.05) is 0 Å². The number of nitrogens with zero attached hydrogens (tertiary/aromatic N) is 1. The average Bonchev–Trinajstić information content (AvgIpc) is 2.43. The van der Waals surface area contributed by atoms with E-state index in [0.29, 0.717) is 41.2 Å². The molecular weight excluding hydrogens is 305 g/mol. The SMILES string of the molecule is O=C(O)c1c(Cl)nc2cc3c(cc2c1CCl)OCCO3. The molecule has 1 aliphatic heterocycles. The number of benzene rings is 1. The van der Waals surface area contributed by atoms with Crippen molar-refractivity contribution in [2.75, 3.05) is 13.2 Å². The Balaban J connectivity index is 2.35. The fraction of sp³-hybridized carbons (Fsp3) is 0.231. The molecule has 2 heterocycles. The Morgan fingerprint density at radius 2 is 1.95 bits per heavy atom. The molecular formula is C13H9Cl2NO4. The number of aromatic carboxylic acids is 1. The van der Waals surface area contributed by atoms with Crippen LogP contribution in [0.1, 0.15) is 15.9 Å². The van der Waals surface area contributed by atoms with Crippen LogP contribution in [0.5, 0.6) is 11.5 Å². The molecule has 0 fully saturated rings. The monoisotopic (exact) mass is 313 g/mol. The molecule has 2 aromatic rings. The molecule has 104 valence electrons. The number of aromatic nitrogens is 1. The summed E-state index contributed by atoms with van der Waals surface area (Å²) >= 11 is 11.8. The van der Waals surface area contributed by atoms with E-state index in [9.17, 15) is 9.90 Å². The van der Waals surface area contributed by atoms with E-state index in [2.05, 4.69) is 4.98 Å². The van der Waals surface area contributed by atoms with Gasteiger partial charge in [0, 0.05) is 17.3 Å². The van der Waals surface area contributed by atoms with Gasteiger partial charge in [-0.25, -0.2) is 9.78 Å². The standard InChI is InChI=1S/C13H9Cl2NO4/c14-5-7-6-3-9-10(20-2-1-19-9)4-8(6)16-12(15)11(7)13(17)18/h3-4H,1-2,5H2,(H,17,18). The van der Waals surface area contributed by atoms with Crippen molar-refractivity contribution >= 4 is 40.1 Å². The van der Waals surface area contributed by atoms with E-state index in [1.165, 1.54) is 0 Å². The van der Waals surface area contributed by atoms with Crippen LogP contribution in [0, 0.1) is 0 Å². The predicted molar refractivity (Wildman–Crippen MR) is 74.3 cm³/mol. The lowest BCUT2D eigenvalue weighted by Crippen LogP contribution is -2.15. The molecule has 3 rings (SSSR count). The molecule has 1 aliphatic rings. The third-order valence-corrected chi connectivity index (χ3v) is 3.60. The van der Waals surface area contributed by atoms with Crippen LogP contribution < -0.4 is 9.47 Å². The van der Waals surface area contributed by atoms with Crippen LogP contribution in [-0.2, 0) is 5.88 Å². The number of hydrogen-bond donors (Lipinski definition) is 1. The lowest BCUT2D eigenvalue weighted by molar-refractivity contribution is 0.0696. The maximum atomic E-state index is 11.3. The Morgan fingerprint density at radius 1 is 1.30 bits per heavy atom. The van der Waals surface area contributed by atoms with Crippen molar-refractivity contribution in [2.24, 2.45) is 0 Å². The van der Waals surface area contributed by atoms with Crippen LogP contribution in [-0.4, -0.2) is 29.3 Å². The van der Waals surface area contributed by atoms with Crippen LogP contribution in [0.3, 0.4) is 0 Å². The van der Waals surface area contributed by atoms with Gasteiger partial charge in [-0.1, -0.05) is 11.6 Å². The van der Waals surface area contributed by atoms with Crippen molar-refractivity contribution < 1.29 is 19.4 Å². The van der Waals surface area contributed by atoms with Gasteiger partial charge in [0.05, 0.1) is 5.52 Å². The Morgan fingerprint density at radius 3 is 2.55 bits per heavy atom. The molecule has 0 saturated heterocycles. The number of pyridine rings is 1. The molecule has 0 aliphatic carbocycles. The first-order valence-corrected chi connectivity index (χ1v) is 6.74. The molecule has 0 amide bonds. The van der Waals surface area contributed by atoms with Crippen molar-refractivity contribution in [3.63, 3.8) is 0 Å². The van der Waals surface area contributed by atoms with E-state index in [4.69, 9.17) is 32.7 Å². The van der Waals surface area contributed by atoms with Crippen LogP contribution in [0.4, 0.5) is 0 Å². The lowest BCUT2D eigenvalue weighted by Gasteiger charge is -2.19. The highest BCUT2D eigenvalue weighted by molar-refractivity contribution is 6.33. The van der Waals surface area contributed by atoms with Crippen LogP contribution in [0.15, 0.2) is 12.1 Å². The van der Waals surface area contributed by atoms with E-state index >= 15 is 0 Å². The summed E-state index contributed by atoms with van der Waals surface area (Å²) in [4.78, 5) is 15.4. The Hall–Kier alpha value is -1.72. The zero-order chi connectivity index (χ0) is 14.3. The molecule has 0 atom stereocenters. The molecule has 0 radical (unpaired) electrons. The third kappa shape index (κ3) is 2.03. The number of ether oxygens (including phenoxy) is 2. The number of fused-ring (bicyclic) bond motifs is 2. The molecule has 0 saturated carbocycles. The van der Waals surface area contributed by atoms with E-state index in [-0.39, 0.29) is 16.6 Å². The van der Waals surface area contributed by atoms with Gasteiger partial charge < -0.3 is 14.6 Å². The predicted octanol–water partition coefficient (Wildman–Crippen LogP) is 3.10. The van der Waals surface area contributed by atoms with Gasteiger partial charge in [-0.05, 0) is 11.6 Å². The summed E-state index contributed by atoms with van der Waals surface area (Å²) in [6.07, 6.45) is 0. The Labute approximate surface area is 124 Å². The molecule has 1 aromatic carbocycles. The van der Waals surface area contributed by atoms with Crippen LogP contribution in [0.2, 0.25) is 5.15 Å². The average molecular weight is 314 g/mol. The maximum Gasteiger partial charge on any atom is 0.339 e. The number of halogens is 2. The van der Waals surface area contributed by atoms with Crippen LogP contribution in [0.25, 0.3) is 10.9 Å². The minimum Gasteiger partial charge on any atom is -0.486 e. The van der Waals surface area contributed by atoms with Crippen molar-refractivity contribution in [2.45, 2.75) is 5.88 Å². The summed E-state index contributed by atoms with van der Waals surface area (Å²) in [7, 11) is 0. The first-order chi connectivity index (χ1) is 9.61. The number of carboxylic acids is 1. The molecule has 1 N–H and O–H groups in total. The normalized spacial score (nSPS) is 13.5. The highest BCUT2D eigenvalue weighted by Crippen LogP contribution is 2.37. The molecule has 0 spiro atoms. The van der Waals surface area contributed by atoms with Gasteiger partial charge in [0.2, 0.25) is 0 Å². The summed E-state index contributed by atoms with van der Waals surface area (Å²) in [6.45, 7) is 0.906. The number of carbonyl (C=O) groups is 1. The van der Waals surface area contributed by atoms with Crippen LogP contribution >= 0.6 is 23.2 Å². The molecule has 0 bridgehead atoms. The molecule has 1 aromatic heterocycles. The number of carboxylic acid groups (broad SMARTS) is 1. The fourth-order valence-electron chi connectivity index (χ4n) is 2.19. The lowest BCUT2D eigenvalue weighted by atomic mass is 10.0. The molecule has 5 nitrogen and oxygen atoms in total. The molecule has 7 heteroatoms. The van der Waals surface area contributed by atoms with Gasteiger partial charge in [-0.3, -0.25) is 0 Å². The van der Waals surface area contributed by atoms with Gasteiger partial charge in [-0.15, -0.1) is 11.6 Å². The first-order valence-electron chi connectivity index (χ1n) is 5.83. The number of hydrogen-bond acceptors (Lipinski definition) is 4. The third-order valence-electron chi connectivity index (χ3n) is 3.06.